The molecular formula is C19H32N4O3. The fourth-order valence-corrected chi connectivity index (χ4v) is 2.18. The summed E-state index contributed by atoms with van der Waals surface area (Å²) in [6.07, 6.45) is 1.24. The number of aliphatic imine (C=N–C) groups is 1. The molecule has 1 unspecified atom stereocenters. The van der Waals surface area contributed by atoms with Crippen LogP contribution in [0.15, 0.2) is 29.3 Å². The van der Waals surface area contributed by atoms with Crippen LogP contribution in [0.2, 0.25) is 0 Å². The first kappa shape index (κ1) is 21.6. The zero-order chi connectivity index (χ0) is 19.2. The van der Waals surface area contributed by atoms with E-state index in [1.165, 1.54) is 0 Å². The third-order valence-electron chi connectivity index (χ3n) is 3.46. The third kappa shape index (κ3) is 8.60. The summed E-state index contributed by atoms with van der Waals surface area (Å²) >= 11 is 0. The molecule has 1 aromatic carbocycles. The van der Waals surface area contributed by atoms with E-state index in [1.807, 2.05) is 45.0 Å². The van der Waals surface area contributed by atoms with E-state index < -0.39 is 0 Å². The molecule has 1 rings (SSSR count). The lowest BCUT2D eigenvalue weighted by Crippen LogP contribution is -2.40. The average molecular weight is 364 g/mol. The number of carbonyl (C=O) groups is 1. The molecule has 0 aliphatic rings. The second-order valence-electron chi connectivity index (χ2n) is 5.83. The van der Waals surface area contributed by atoms with E-state index >= 15 is 0 Å². The summed E-state index contributed by atoms with van der Waals surface area (Å²) in [6, 6.07) is 7.54. The summed E-state index contributed by atoms with van der Waals surface area (Å²) in [4.78, 5) is 16.1. The lowest BCUT2D eigenvalue weighted by atomic mass is 10.3. The maximum atomic E-state index is 11.6. The van der Waals surface area contributed by atoms with Crippen LogP contribution in [0.1, 0.15) is 33.6 Å². The molecule has 0 heterocycles. The van der Waals surface area contributed by atoms with Gasteiger partial charge in [-0.05, 0) is 32.4 Å². The highest BCUT2D eigenvalue weighted by molar-refractivity contribution is 5.81. The standard InChI is InChI=1S/C19H32N4O3/c1-5-12-21-18(24)11-13-22-19(20-6-2)23-14-15(3)26-17-10-8-7-9-16(17)25-4/h7-10,15H,5-6,11-14H2,1-4H3,(H,21,24)(H2,20,22,23). The van der Waals surface area contributed by atoms with Gasteiger partial charge in [0.15, 0.2) is 17.5 Å². The number of ether oxygens (including phenoxy) is 2. The molecule has 0 aromatic heterocycles. The van der Waals surface area contributed by atoms with E-state index in [0.29, 0.717) is 43.5 Å². The number of hydrogen-bond acceptors (Lipinski definition) is 4. The minimum absolute atomic E-state index is 0.0445. The first-order chi connectivity index (χ1) is 12.6. The number of guanidine groups is 1. The van der Waals surface area contributed by atoms with Crippen LogP contribution < -0.4 is 25.4 Å². The van der Waals surface area contributed by atoms with E-state index in [-0.39, 0.29) is 12.0 Å². The van der Waals surface area contributed by atoms with Crippen LogP contribution >= 0.6 is 0 Å². The van der Waals surface area contributed by atoms with Gasteiger partial charge in [-0.1, -0.05) is 19.1 Å². The van der Waals surface area contributed by atoms with Gasteiger partial charge in [0.2, 0.25) is 5.91 Å². The molecule has 3 N–H and O–H groups in total. The topological polar surface area (TPSA) is 84.0 Å². The van der Waals surface area contributed by atoms with Gasteiger partial charge in [-0.2, -0.15) is 0 Å². The Morgan fingerprint density at radius 1 is 1.12 bits per heavy atom. The number of carbonyl (C=O) groups excluding carboxylic acids is 1. The zero-order valence-corrected chi connectivity index (χ0v) is 16.3. The van der Waals surface area contributed by atoms with Crippen molar-refractivity contribution in [2.75, 3.05) is 33.3 Å². The van der Waals surface area contributed by atoms with Crippen molar-refractivity contribution in [3.63, 3.8) is 0 Å². The summed E-state index contributed by atoms with van der Waals surface area (Å²) in [7, 11) is 1.62. The Morgan fingerprint density at radius 2 is 1.85 bits per heavy atom. The third-order valence-corrected chi connectivity index (χ3v) is 3.46. The molecule has 26 heavy (non-hydrogen) atoms. The Labute approximate surface area is 156 Å². The van der Waals surface area contributed by atoms with Crippen molar-refractivity contribution in [3.8, 4) is 11.5 Å². The maximum Gasteiger partial charge on any atom is 0.221 e. The first-order valence-corrected chi connectivity index (χ1v) is 9.19. The Morgan fingerprint density at radius 3 is 2.50 bits per heavy atom. The lowest BCUT2D eigenvalue weighted by Gasteiger charge is -2.16. The first-order valence-electron chi connectivity index (χ1n) is 9.19. The van der Waals surface area contributed by atoms with Crippen molar-refractivity contribution in [1.82, 2.24) is 16.0 Å². The minimum Gasteiger partial charge on any atom is -0.493 e. The molecule has 1 aromatic rings. The molecule has 0 saturated heterocycles. The molecule has 1 atom stereocenters. The Bertz CT molecular complexity index is 563. The molecule has 1 amide bonds. The van der Waals surface area contributed by atoms with Crippen molar-refractivity contribution >= 4 is 11.9 Å². The summed E-state index contributed by atoms with van der Waals surface area (Å²) in [5, 5.41) is 9.19. The molecule has 0 spiro atoms. The summed E-state index contributed by atoms with van der Waals surface area (Å²) < 4.78 is 11.2. The highest BCUT2D eigenvalue weighted by Crippen LogP contribution is 2.26. The smallest absolute Gasteiger partial charge is 0.221 e. The van der Waals surface area contributed by atoms with Crippen molar-refractivity contribution in [2.24, 2.45) is 4.99 Å². The molecule has 0 saturated carbocycles. The molecule has 0 radical (unpaired) electrons. The number of rotatable bonds is 11. The molecule has 146 valence electrons. The molecule has 0 aliphatic carbocycles. The van der Waals surface area contributed by atoms with Crippen molar-refractivity contribution in [3.05, 3.63) is 24.3 Å². The number of amides is 1. The largest absolute Gasteiger partial charge is 0.493 e. The maximum absolute atomic E-state index is 11.6. The Balaban J connectivity index is 2.47. The van der Waals surface area contributed by atoms with E-state index in [9.17, 15) is 4.79 Å². The van der Waals surface area contributed by atoms with Crippen LogP contribution in [-0.4, -0.2) is 51.3 Å². The molecule has 7 heteroatoms. The van der Waals surface area contributed by atoms with Gasteiger partial charge < -0.3 is 25.4 Å². The van der Waals surface area contributed by atoms with E-state index in [2.05, 4.69) is 20.9 Å². The van der Waals surface area contributed by atoms with Crippen molar-refractivity contribution < 1.29 is 14.3 Å². The van der Waals surface area contributed by atoms with Crippen LogP contribution in [0.3, 0.4) is 0 Å². The van der Waals surface area contributed by atoms with Crippen LogP contribution in [0.4, 0.5) is 0 Å². The second kappa shape index (κ2) is 12.9. The fourth-order valence-electron chi connectivity index (χ4n) is 2.18. The lowest BCUT2D eigenvalue weighted by molar-refractivity contribution is -0.120. The number of para-hydroxylation sites is 2. The average Bonchev–Trinajstić information content (AvgIpc) is 2.64. The minimum atomic E-state index is -0.116. The van der Waals surface area contributed by atoms with Crippen molar-refractivity contribution in [2.45, 2.75) is 39.7 Å². The molecule has 7 nitrogen and oxygen atoms in total. The van der Waals surface area contributed by atoms with Crippen LogP contribution in [0, 0.1) is 0 Å². The monoisotopic (exact) mass is 364 g/mol. The fraction of sp³-hybridized carbons (Fsp3) is 0.579. The molecular weight excluding hydrogens is 332 g/mol. The van der Waals surface area contributed by atoms with Crippen LogP contribution in [0.25, 0.3) is 0 Å². The number of benzene rings is 1. The highest BCUT2D eigenvalue weighted by atomic mass is 16.5. The molecule has 0 aliphatic heterocycles. The molecule has 0 fully saturated rings. The van der Waals surface area contributed by atoms with Gasteiger partial charge in [0.25, 0.3) is 0 Å². The van der Waals surface area contributed by atoms with Gasteiger partial charge in [-0.25, -0.2) is 4.99 Å². The normalized spacial score (nSPS) is 12.2. The number of nitrogens with zero attached hydrogens (tertiary/aromatic N) is 1. The number of methoxy groups -OCH3 is 1. The van der Waals surface area contributed by atoms with Crippen LogP contribution in [0.5, 0.6) is 11.5 Å². The van der Waals surface area contributed by atoms with Gasteiger partial charge in [-0.15, -0.1) is 0 Å². The molecule has 0 bridgehead atoms. The quantitative estimate of drug-likeness (QED) is 0.413. The van der Waals surface area contributed by atoms with E-state index in [0.717, 1.165) is 13.0 Å². The number of nitrogens with one attached hydrogen (secondary N) is 3. The Kier molecular flexibility index (Phi) is 10.7. The van der Waals surface area contributed by atoms with Crippen LogP contribution in [-0.2, 0) is 4.79 Å². The van der Waals surface area contributed by atoms with E-state index in [1.54, 1.807) is 7.11 Å². The van der Waals surface area contributed by atoms with Crippen molar-refractivity contribution in [1.29, 1.82) is 0 Å². The zero-order valence-electron chi connectivity index (χ0n) is 16.3. The Hall–Kier alpha value is -2.44. The predicted octanol–water partition coefficient (Wildman–Crippen LogP) is 1.93. The van der Waals surface area contributed by atoms with Gasteiger partial charge in [0.05, 0.1) is 13.7 Å². The number of hydrogen-bond donors (Lipinski definition) is 3. The second-order valence-corrected chi connectivity index (χ2v) is 5.83. The summed E-state index contributed by atoms with van der Waals surface area (Å²) in [5.74, 6) is 2.11. The van der Waals surface area contributed by atoms with Gasteiger partial charge >= 0.3 is 0 Å². The predicted molar refractivity (Wildman–Crippen MR) is 105 cm³/mol. The van der Waals surface area contributed by atoms with Gasteiger partial charge in [0, 0.05) is 26.1 Å². The SMILES string of the molecule is CCCNC(=O)CCNC(=NCC(C)Oc1ccccc1OC)NCC. The summed E-state index contributed by atoms with van der Waals surface area (Å²) in [5.41, 5.74) is 0. The summed E-state index contributed by atoms with van der Waals surface area (Å²) in [6.45, 7) is 8.46. The van der Waals surface area contributed by atoms with E-state index in [4.69, 9.17) is 9.47 Å². The highest BCUT2D eigenvalue weighted by Gasteiger charge is 2.09. The van der Waals surface area contributed by atoms with Gasteiger partial charge in [0.1, 0.15) is 6.10 Å². The van der Waals surface area contributed by atoms with Gasteiger partial charge in [-0.3, -0.25) is 4.79 Å².